The second kappa shape index (κ2) is 7.06. The van der Waals surface area contributed by atoms with Crippen molar-refractivity contribution in [1.82, 2.24) is 0 Å². The zero-order valence-corrected chi connectivity index (χ0v) is 14.9. The maximum atomic E-state index is 12.8. The maximum Gasteiger partial charge on any atom is 0.194 e. The average Bonchev–Trinajstić information content (AvgIpc) is 2.65. The van der Waals surface area contributed by atoms with E-state index in [1.165, 1.54) is 7.11 Å². The van der Waals surface area contributed by atoms with Crippen LogP contribution in [0.2, 0.25) is 0 Å². The predicted octanol–water partition coefficient (Wildman–Crippen LogP) is 4.96. The summed E-state index contributed by atoms with van der Waals surface area (Å²) in [5.74, 6) is 0.563. The summed E-state index contributed by atoms with van der Waals surface area (Å²) >= 11 is 0. The van der Waals surface area contributed by atoms with Crippen molar-refractivity contribution >= 4 is 29.8 Å². The number of ether oxygens (including phenoxy) is 1. The van der Waals surface area contributed by atoms with Crippen molar-refractivity contribution in [2.24, 2.45) is 0 Å². The van der Waals surface area contributed by atoms with Gasteiger partial charge in [0, 0.05) is 11.1 Å². The van der Waals surface area contributed by atoms with Crippen molar-refractivity contribution in [2.45, 2.75) is 0 Å². The van der Waals surface area contributed by atoms with E-state index in [1.807, 2.05) is 60.7 Å². The number of methoxy groups -OCH3 is 1. The Balaban J connectivity index is 0.00000196. The van der Waals surface area contributed by atoms with Gasteiger partial charge in [-0.1, -0.05) is 54.6 Å². The number of phenolic OH excluding ortho intramolecular Hbond substituents is 1. The number of ketones is 1. The summed E-state index contributed by atoms with van der Waals surface area (Å²) < 4.78 is 5.10. The quantitative estimate of drug-likeness (QED) is 0.547. The first-order valence-corrected chi connectivity index (χ1v) is 8.01. The third kappa shape index (κ3) is 2.87. The lowest BCUT2D eigenvalue weighted by Gasteiger charge is -2.21. The first-order chi connectivity index (χ1) is 12.2. The second-order valence-electron chi connectivity index (χ2n) is 5.91. The van der Waals surface area contributed by atoms with Gasteiger partial charge in [-0.05, 0) is 40.5 Å². The molecule has 0 saturated carbocycles. The highest BCUT2D eigenvalue weighted by atomic mass is 35.5. The highest BCUT2D eigenvalue weighted by molar-refractivity contribution is 6.20. The molecule has 0 bridgehead atoms. The number of phenols is 1. The summed E-state index contributed by atoms with van der Waals surface area (Å²) in [4.78, 5) is 12.8. The Hall–Kier alpha value is -3.04. The number of hydrogen-bond donors (Lipinski definition) is 1. The van der Waals surface area contributed by atoms with Gasteiger partial charge in [0.05, 0.1) is 7.11 Å². The van der Waals surface area contributed by atoms with Gasteiger partial charge in [0.1, 0.15) is 0 Å². The minimum absolute atomic E-state index is 0. The van der Waals surface area contributed by atoms with Gasteiger partial charge in [-0.15, -0.1) is 12.4 Å². The molecular formula is C22H17ClO3. The first-order valence-electron chi connectivity index (χ1n) is 8.01. The molecule has 0 amide bonds. The lowest BCUT2D eigenvalue weighted by molar-refractivity contribution is 0.103. The van der Waals surface area contributed by atoms with E-state index >= 15 is 0 Å². The number of rotatable bonds is 2. The average molecular weight is 365 g/mol. The molecule has 0 fully saturated rings. The van der Waals surface area contributed by atoms with Crippen molar-refractivity contribution < 1.29 is 14.6 Å². The molecule has 0 aliphatic heterocycles. The van der Waals surface area contributed by atoms with Gasteiger partial charge in [-0.3, -0.25) is 4.79 Å². The van der Waals surface area contributed by atoms with E-state index in [-0.39, 0.29) is 23.9 Å². The van der Waals surface area contributed by atoms with Crippen LogP contribution < -0.4 is 4.74 Å². The van der Waals surface area contributed by atoms with Crippen molar-refractivity contribution in [3.05, 3.63) is 94.5 Å². The van der Waals surface area contributed by atoms with Crippen LogP contribution in [0, 0.1) is 0 Å². The lowest BCUT2D eigenvalue weighted by atomic mass is 9.81. The Bertz CT molecular complexity index is 970. The molecular weight excluding hydrogens is 348 g/mol. The van der Waals surface area contributed by atoms with Gasteiger partial charge in [-0.2, -0.15) is 0 Å². The minimum atomic E-state index is 0. The van der Waals surface area contributed by atoms with Crippen LogP contribution >= 0.6 is 12.4 Å². The number of aromatic hydroxyl groups is 1. The molecule has 4 heteroatoms. The fraction of sp³-hybridized carbons (Fsp3) is 0.0455. The van der Waals surface area contributed by atoms with Crippen LogP contribution in [0.1, 0.15) is 32.6 Å². The fourth-order valence-electron chi connectivity index (χ4n) is 3.24. The van der Waals surface area contributed by atoms with Gasteiger partial charge in [0.25, 0.3) is 0 Å². The normalized spacial score (nSPS) is 11.9. The topological polar surface area (TPSA) is 46.5 Å². The molecule has 0 heterocycles. The molecule has 130 valence electrons. The summed E-state index contributed by atoms with van der Waals surface area (Å²) in [7, 11) is 1.52. The number of hydrogen-bond acceptors (Lipinski definition) is 3. The Morgan fingerprint density at radius 3 is 1.88 bits per heavy atom. The second-order valence-corrected chi connectivity index (χ2v) is 5.91. The molecule has 3 nitrogen and oxygen atoms in total. The monoisotopic (exact) mass is 364 g/mol. The van der Waals surface area contributed by atoms with Crippen molar-refractivity contribution in [2.75, 3.05) is 7.11 Å². The Morgan fingerprint density at radius 1 is 0.846 bits per heavy atom. The molecule has 0 aromatic heterocycles. The summed E-state index contributed by atoms with van der Waals surface area (Å²) in [6.45, 7) is 0. The molecule has 1 N–H and O–H groups in total. The molecule has 3 aromatic carbocycles. The van der Waals surface area contributed by atoms with Crippen molar-refractivity contribution in [3.63, 3.8) is 0 Å². The molecule has 0 atom stereocenters. The highest BCUT2D eigenvalue weighted by Gasteiger charge is 2.26. The lowest BCUT2D eigenvalue weighted by Crippen LogP contribution is -2.14. The zero-order chi connectivity index (χ0) is 17.4. The van der Waals surface area contributed by atoms with E-state index in [1.54, 1.807) is 12.1 Å². The number of carbonyl (C=O) groups is 1. The van der Waals surface area contributed by atoms with Crippen LogP contribution in [0.15, 0.2) is 66.7 Å². The Kier molecular flexibility index (Phi) is 4.83. The molecule has 0 radical (unpaired) electrons. The molecule has 0 unspecified atom stereocenters. The molecule has 3 aromatic rings. The van der Waals surface area contributed by atoms with Gasteiger partial charge in [0.15, 0.2) is 17.3 Å². The van der Waals surface area contributed by atoms with E-state index in [2.05, 4.69) is 0 Å². The largest absolute Gasteiger partial charge is 0.504 e. The molecule has 0 spiro atoms. The van der Waals surface area contributed by atoms with Crippen LogP contribution in [0.4, 0.5) is 0 Å². The zero-order valence-electron chi connectivity index (χ0n) is 14.1. The van der Waals surface area contributed by atoms with E-state index in [0.29, 0.717) is 16.9 Å². The third-order valence-electron chi connectivity index (χ3n) is 4.44. The Labute approximate surface area is 158 Å². The van der Waals surface area contributed by atoms with Gasteiger partial charge >= 0.3 is 0 Å². The van der Waals surface area contributed by atoms with E-state index < -0.39 is 0 Å². The summed E-state index contributed by atoms with van der Waals surface area (Å²) in [6.07, 6.45) is 1.99. The molecule has 1 aliphatic rings. The van der Waals surface area contributed by atoms with Gasteiger partial charge in [0.2, 0.25) is 0 Å². The smallest absolute Gasteiger partial charge is 0.194 e. The molecule has 1 aliphatic carbocycles. The number of halogens is 1. The van der Waals surface area contributed by atoms with Crippen LogP contribution in [0.3, 0.4) is 0 Å². The van der Waals surface area contributed by atoms with E-state index in [0.717, 1.165) is 22.3 Å². The van der Waals surface area contributed by atoms with Gasteiger partial charge in [-0.25, -0.2) is 0 Å². The van der Waals surface area contributed by atoms with E-state index in [9.17, 15) is 9.90 Å². The van der Waals surface area contributed by atoms with E-state index in [4.69, 9.17) is 4.74 Å². The molecule has 26 heavy (non-hydrogen) atoms. The van der Waals surface area contributed by atoms with Crippen LogP contribution in [0.5, 0.6) is 11.5 Å². The minimum Gasteiger partial charge on any atom is -0.504 e. The fourth-order valence-corrected chi connectivity index (χ4v) is 3.24. The maximum absolute atomic E-state index is 12.8. The van der Waals surface area contributed by atoms with Crippen molar-refractivity contribution in [1.29, 1.82) is 0 Å². The predicted molar refractivity (Wildman–Crippen MR) is 105 cm³/mol. The SMILES string of the molecule is COc1ccc(C=C2c3ccccc3C(=O)c3ccccc32)cc1O.Cl. The first kappa shape index (κ1) is 17.8. The highest BCUT2D eigenvalue weighted by Crippen LogP contribution is 2.37. The molecule has 4 rings (SSSR count). The van der Waals surface area contributed by atoms with Crippen molar-refractivity contribution in [3.8, 4) is 11.5 Å². The standard InChI is InChI=1S/C22H16O3.ClH/c1-25-21-11-10-14(13-20(21)23)12-19-15-6-2-4-8-17(15)22(24)18-9-5-3-7-16(18)19;/h2-13,23H,1H3;1H. The molecule has 0 saturated heterocycles. The number of fused-ring (bicyclic) bond motifs is 2. The van der Waals surface area contributed by atoms with Crippen LogP contribution in [0.25, 0.3) is 11.6 Å². The van der Waals surface area contributed by atoms with Gasteiger partial charge < -0.3 is 9.84 Å². The summed E-state index contributed by atoms with van der Waals surface area (Å²) in [6, 6.07) is 20.5. The summed E-state index contributed by atoms with van der Waals surface area (Å²) in [5.41, 5.74) is 5.01. The van der Waals surface area contributed by atoms with Crippen LogP contribution in [-0.2, 0) is 0 Å². The summed E-state index contributed by atoms with van der Waals surface area (Å²) in [5, 5.41) is 10.0. The van der Waals surface area contributed by atoms with Crippen LogP contribution in [-0.4, -0.2) is 18.0 Å². The third-order valence-corrected chi connectivity index (χ3v) is 4.44. The number of carbonyl (C=O) groups excluding carboxylic acids is 1. The Morgan fingerprint density at radius 2 is 1.38 bits per heavy atom. The number of benzene rings is 3.